The maximum Gasteiger partial charge on any atom is 0.135 e. The molecule has 0 aliphatic carbocycles. The molecule has 0 saturated carbocycles. The maximum absolute atomic E-state index is 5.92. The number of halogens is 1. The van der Waals surface area contributed by atoms with Crippen molar-refractivity contribution in [1.29, 1.82) is 0 Å². The fraction of sp³-hybridized carbons (Fsp3) is 0.333. The standard InChI is InChI=1S/C15H18BrNO/c1-3-10-17-11(2)14-8-9-15(18-14)12-6-4-5-7-13(12)16/h4-9,11,17H,3,10H2,1-2H3. The van der Waals surface area contributed by atoms with Gasteiger partial charge < -0.3 is 9.73 Å². The molecule has 1 atom stereocenters. The fourth-order valence-electron chi connectivity index (χ4n) is 1.85. The predicted molar refractivity (Wildman–Crippen MR) is 78.6 cm³/mol. The second-order valence-corrected chi connectivity index (χ2v) is 5.21. The SMILES string of the molecule is CCCNC(C)c1ccc(-c2ccccc2Br)o1. The van der Waals surface area contributed by atoms with Crippen LogP contribution in [0.2, 0.25) is 0 Å². The molecular formula is C15H18BrNO. The lowest BCUT2D eigenvalue weighted by Crippen LogP contribution is -2.18. The van der Waals surface area contributed by atoms with E-state index in [1.807, 2.05) is 30.3 Å². The van der Waals surface area contributed by atoms with E-state index in [0.29, 0.717) is 0 Å². The lowest BCUT2D eigenvalue weighted by Gasteiger charge is -2.10. The second kappa shape index (κ2) is 6.21. The van der Waals surface area contributed by atoms with Gasteiger partial charge in [0, 0.05) is 10.0 Å². The van der Waals surface area contributed by atoms with Crippen molar-refractivity contribution in [3.63, 3.8) is 0 Å². The average Bonchev–Trinajstić information content (AvgIpc) is 2.86. The molecule has 0 spiro atoms. The zero-order valence-corrected chi connectivity index (χ0v) is 12.3. The normalized spacial score (nSPS) is 12.6. The summed E-state index contributed by atoms with van der Waals surface area (Å²) in [4.78, 5) is 0. The van der Waals surface area contributed by atoms with Crippen molar-refractivity contribution in [3.8, 4) is 11.3 Å². The molecule has 1 heterocycles. The molecule has 0 radical (unpaired) electrons. The van der Waals surface area contributed by atoms with Gasteiger partial charge in [-0.05, 0) is 38.1 Å². The van der Waals surface area contributed by atoms with Crippen LogP contribution in [-0.4, -0.2) is 6.54 Å². The summed E-state index contributed by atoms with van der Waals surface area (Å²) in [6.07, 6.45) is 1.13. The van der Waals surface area contributed by atoms with Crippen LogP contribution in [0.1, 0.15) is 32.1 Å². The quantitative estimate of drug-likeness (QED) is 0.860. The first-order valence-corrected chi connectivity index (χ1v) is 7.09. The lowest BCUT2D eigenvalue weighted by molar-refractivity contribution is 0.438. The lowest BCUT2D eigenvalue weighted by atomic mass is 10.2. The molecule has 1 N–H and O–H groups in total. The maximum atomic E-state index is 5.92. The second-order valence-electron chi connectivity index (χ2n) is 4.36. The Bertz CT molecular complexity index is 507. The van der Waals surface area contributed by atoms with Crippen molar-refractivity contribution >= 4 is 15.9 Å². The zero-order valence-electron chi connectivity index (χ0n) is 10.7. The molecule has 2 nitrogen and oxygen atoms in total. The van der Waals surface area contributed by atoms with Gasteiger partial charge in [-0.25, -0.2) is 0 Å². The van der Waals surface area contributed by atoms with Gasteiger partial charge in [-0.2, -0.15) is 0 Å². The summed E-state index contributed by atoms with van der Waals surface area (Å²) in [7, 11) is 0. The van der Waals surface area contributed by atoms with E-state index in [-0.39, 0.29) is 6.04 Å². The molecule has 1 aromatic heterocycles. The molecule has 0 amide bonds. The van der Waals surface area contributed by atoms with E-state index in [1.54, 1.807) is 0 Å². The van der Waals surface area contributed by atoms with E-state index >= 15 is 0 Å². The first kappa shape index (κ1) is 13.4. The zero-order chi connectivity index (χ0) is 13.0. The van der Waals surface area contributed by atoms with Gasteiger partial charge in [-0.3, -0.25) is 0 Å². The Morgan fingerprint density at radius 2 is 2.00 bits per heavy atom. The van der Waals surface area contributed by atoms with Crippen LogP contribution < -0.4 is 5.32 Å². The average molecular weight is 308 g/mol. The van der Waals surface area contributed by atoms with Crippen LogP contribution in [0.4, 0.5) is 0 Å². The highest BCUT2D eigenvalue weighted by Gasteiger charge is 2.11. The summed E-state index contributed by atoms with van der Waals surface area (Å²) in [5.41, 5.74) is 1.09. The molecule has 18 heavy (non-hydrogen) atoms. The molecule has 1 aromatic carbocycles. The van der Waals surface area contributed by atoms with Crippen LogP contribution in [0, 0.1) is 0 Å². The molecule has 1 unspecified atom stereocenters. The number of furan rings is 1. The number of nitrogens with one attached hydrogen (secondary N) is 1. The summed E-state index contributed by atoms with van der Waals surface area (Å²) in [5.74, 6) is 1.89. The highest BCUT2D eigenvalue weighted by atomic mass is 79.9. The monoisotopic (exact) mass is 307 g/mol. The molecule has 2 rings (SSSR count). The van der Waals surface area contributed by atoms with Crippen molar-refractivity contribution in [2.45, 2.75) is 26.3 Å². The van der Waals surface area contributed by atoms with Crippen LogP contribution in [-0.2, 0) is 0 Å². The van der Waals surface area contributed by atoms with Crippen LogP contribution in [0.25, 0.3) is 11.3 Å². The van der Waals surface area contributed by atoms with E-state index < -0.39 is 0 Å². The highest BCUT2D eigenvalue weighted by Crippen LogP contribution is 2.30. The number of hydrogen-bond acceptors (Lipinski definition) is 2. The molecule has 0 bridgehead atoms. The minimum atomic E-state index is 0.251. The van der Waals surface area contributed by atoms with Crippen LogP contribution >= 0.6 is 15.9 Å². The molecular weight excluding hydrogens is 290 g/mol. The van der Waals surface area contributed by atoms with Gasteiger partial charge in [0.05, 0.1) is 6.04 Å². The van der Waals surface area contributed by atoms with Gasteiger partial charge in [-0.15, -0.1) is 0 Å². The predicted octanol–water partition coefficient (Wildman–Crippen LogP) is 4.77. The summed E-state index contributed by atoms with van der Waals surface area (Å²) >= 11 is 3.55. The van der Waals surface area contributed by atoms with Gasteiger partial charge in [-0.1, -0.05) is 41.1 Å². The van der Waals surface area contributed by atoms with Crippen LogP contribution in [0.3, 0.4) is 0 Å². The highest BCUT2D eigenvalue weighted by molar-refractivity contribution is 9.10. The minimum Gasteiger partial charge on any atom is -0.459 e. The first-order valence-electron chi connectivity index (χ1n) is 6.30. The van der Waals surface area contributed by atoms with Gasteiger partial charge in [0.25, 0.3) is 0 Å². The van der Waals surface area contributed by atoms with E-state index in [2.05, 4.69) is 41.2 Å². The Hall–Kier alpha value is -1.06. The number of benzene rings is 1. The molecule has 0 fully saturated rings. The molecule has 96 valence electrons. The topological polar surface area (TPSA) is 25.2 Å². The summed E-state index contributed by atoms with van der Waals surface area (Å²) < 4.78 is 6.97. The third kappa shape index (κ3) is 3.03. The van der Waals surface area contributed by atoms with Crippen molar-refractivity contribution < 1.29 is 4.42 Å². The van der Waals surface area contributed by atoms with Crippen LogP contribution in [0.5, 0.6) is 0 Å². The third-order valence-corrected chi connectivity index (χ3v) is 3.58. The number of hydrogen-bond donors (Lipinski definition) is 1. The molecule has 0 aliphatic heterocycles. The smallest absolute Gasteiger partial charge is 0.135 e. The summed E-state index contributed by atoms with van der Waals surface area (Å²) in [6, 6.07) is 12.4. The number of rotatable bonds is 5. The largest absolute Gasteiger partial charge is 0.459 e. The summed E-state index contributed by atoms with van der Waals surface area (Å²) in [5, 5.41) is 3.42. The molecule has 2 aromatic rings. The Morgan fingerprint density at radius 1 is 1.22 bits per heavy atom. The van der Waals surface area contributed by atoms with Crippen molar-refractivity contribution in [2.75, 3.05) is 6.54 Å². The molecule has 3 heteroatoms. The Labute approximate surface area is 117 Å². The van der Waals surface area contributed by atoms with Crippen LogP contribution in [0.15, 0.2) is 45.3 Å². The van der Waals surface area contributed by atoms with E-state index in [9.17, 15) is 0 Å². The Kier molecular flexibility index (Phi) is 4.61. The minimum absolute atomic E-state index is 0.251. The van der Waals surface area contributed by atoms with Crippen molar-refractivity contribution in [2.24, 2.45) is 0 Å². The van der Waals surface area contributed by atoms with Gasteiger partial charge >= 0.3 is 0 Å². The first-order chi connectivity index (χ1) is 8.72. The van der Waals surface area contributed by atoms with Crippen molar-refractivity contribution in [1.82, 2.24) is 5.32 Å². The third-order valence-electron chi connectivity index (χ3n) is 2.89. The van der Waals surface area contributed by atoms with E-state index in [0.717, 1.165) is 34.5 Å². The van der Waals surface area contributed by atoms with E-state index in [1.165, 1.54) is 0 Å². The van der Waals surface area contributed by atoms with Gasteiger partial charge in [0.2, 0.25) is 0 Å². The Morgan fingerprint density at radius 3 is 2.72 bits per heavy atom. The van der Waals surface area contributed by atoms with E-state index in [4.69, 9.17) is 4.42 Å². The fourth-order valence-corrected chi connectivity index (χ4v) is 2.33. The Balaban J connectivity index is 2.18. The molecule has 0 saturated heterocycles. The van der Waals surface area contributed by atoms with Crippen molar-refractivity contribution in [3.05, 3.63) is 46.6 Å². The summed E-state index contributed by atoms with van der Waals surface area (Å²) in [6.45, 7) is 5.29. The molecule has 0 aliphatic rings. The van der Waals surface area contributed by atoms with Gasteiger partial charge in [0.1, 0.15) is 11.5 Å². The van der Waals surface area contributed by atoms with Gasteiger partial charge in [0.15, 0.2) is 0 Å².